The lowest BCUT2D eigenvalue weighted by Gasteiger charge is -2.22. The minimum Gasteiger partial charge on any atom is -0.368 e. The first-order chi connectivity index (χ1) is 8.43. The molecule has 2 rings (SSSR count). The van der Waals surface area contributed by atoms with Crippen molar-refractivity contribution in [3.05, 3.63) is 17.2 Å². The normalized spacial score (nSPS) is 12.3. The molecule has 0 fully saturated rings. The first-order valence-corrected chi connectivity index (χ1v) is 6.29. The van der Waals surface area contributed by atoms with E-state index in [2.05, 4.69) is 22.0 Å². The third kappa shape index (κ3) is 2.62. The van der Waals surface area contributed by atoms with Crippen molar-refractivity contribution >= 4 is 22.6 Å². The Balaban J connectivity index is 2.27. The molecule has 0 aromatic carbocycles. The Kier molecular flexibility index (Phi) is 3.54. The van der Waals surface area contributed by atoms with E-state index in [-0.39, 0.29) is 5.60 Å². The Morgan fingerprint density at radius 1 is 1.39 bits per heavy atom. The van der Waals surface area contributed by atoms with Crippen LogP contribution in [0.3, 0.4) is 0 Å². The van der Waals surface area contributed by atoms with Crippen molar-refractivity contribution in [2.75, 3.05) is 0 Å². The molecule has 0 saturated carbocycles. The number of ether oxygens (including phenoxy) is 1. The Morgan fingerprint density at radius 2 is 2.11 bits per heavy atom. The highest BCUT2D eigenvalue weighted by Gasteiger charge is 2.17. The predicted octanol–water partition coefficient (Wildman–Crippen LogP) is 2.72. The van der Waals surface area contributed by atoms with Gasteiger partial charge in [-0.05, 0) is 20.3 Å². The molecule has 0 N–H and O–H groups in total. The molecule has 0 spiro atoms. The smallest absolute Gasteiger partial charge is 0.162 e. The molecule has 2 aromatic heterocycles. The van der Waals surface area contributed by atoms with Crippen LogP contribution in [0.4, 0.5) is 0 Å². The fourth-order valence-electron chi connectivity index (χ4n) is 1.46. The minimum absolute atomic E-state index is 0.183. The van der Waals surface area contributed by atoms with Gasteiger partial charge in [-0.3, -0.25) is 4.68 Å². The fraction of sp³-hybridized carbons (Fsp3) is 0.583. The van der Waals surface area contributed by atoms with Gasteiger partial charge >= 0.3 is 0 Å². The lowest BCUT2D eigenvalue weighted by Crippen LogP contribution is -2.23. The Morgan fingerprint density at radius 3 is 2.78 bits per heavy atom. The third-order valence-corrected chi connectivity index (χ3v) is 3.32. The highest BCUT2D eigenvalue weighted by atomic mass is 35.5. The summed E-state index contributed by atoms with van der Waals surface area (Å²) >= 11 is 6.10. The van der Waals surface area contributed by atoms with Gasteiger partial charge in [-0.15, -0.1) is 0 Å². The molecule has 6 heteroatoms. The van der Waals surface area contributed by atoms with Crippen LogP contribution in [-0.4, -0.2) is 25.3 Å². The monoisotopic (exact) mass is 268 g/mol. The van der Waals surface area contributed by atoms with E-state index >= 15 is 0 Å². The van der Waals surface area contributed by atoms with E-state index in [4.69, 9.17) is 16.3 Å². The lowest BCUT2D eigenvalue weighted by molar-refractivity contribution is -0.0344. The number of nitrogens with zero attached hydrogens (tertiary/aromatic N) is 4. The molecule has 2 heterocycles. The van der Waals surface area contributed by atoms with Crippen LogP contribution in [-0.2, 0) is 18.4 Å². The molecule has 0 aliphatic heterocycles. The number of halogens is 1. The first kappa shape index (κ1) is 13.2. The van der Waals surface area contributed by atoms with Crippen LogP contribution in [0.5, 0.6) is 0 Å². The number of hydrogen-bond donors (Lipinski definition) is 0. The lowest BCUT2D eigenvalue weighted by atomic mass is 10.1. The molecule has 98 valence electrons. The summed E-state index contributed by atoms with van der Waals surface area (Å²) in [7, 11) is 1.83. The number of fused-ring (bicyclic) bond motifs is 1. The summed E-state index contributed by atoms with van der Waals surface area (Å²) < 4.78 is 7.45. The standard InChI is InChI=1S/C12H17ClN4O/c1-5-12(2,3)18-7-9-15-10(13)8-6-14-17(4)11(8)16-9/h6H,5,7H2,1-4H3. The van der Waals surface area contributed by atoms with Crippen LogP contribution in [0.25, 0.3) is 11.0 Å². The summed E-state index contributed by atoms with van der Waals surface area (Å²) in [6.45, 7) is 6.51. The van der Waals surface area contributed by atoms with Crippen molar-refractivity contribution in [3.63, 3.8) is 0 Å². The van der Waals surface area contributed by atoms with Crippen molar-refractivity contribution in [2.24, 2.45) is 7.05 Å². The maximum absolute atomic E-state index is 6.10. The number of hydrogen-bond acceptors (Lipinski definition) is 4. The second-order valence-electron chi connectivity index (χ2n) is 4.84. The van der Waals surface area contributed by atoms with E-state index in [0.29, 0.717) is 17.6 Å². The Hall–Kier alpha value is -1.20. The van der Waals surface area contributed by atoms with Gasteiger partial charge in [0.1, 0.15) is 11.8 Å². The zero-order valence-corrected chi connectivity index (χ0v) is 11.8. The molecule has 5 nitrogen and oxygen atoms in total. The van der Waals surface area contributed by atoms with Crippen molar-refractivity contribution < 1.29 is 4.74 Å². The maximum Gasteiger partial charge on any atom is 0.162 e. The van der Waals surface area contributed by atoms with Crippen LogP contribution in [0.15, 0.2) is 6.20 Å². The largest absolute Gasteiger partial charge is 0.368 e. The van der Waals surface area contributed by atoms with E-state index < -0.39 is 0 Å². The van der Waals surface area contributed by atoms with E-state index in [0.717, 1.165) is 17.5 Å². The van der Waals surface area contributed by atoms with Crippen LogP contribution in [0.1, 0.15) is 33.0 Å². The van der Waals surface area contributed by atoms with Gasteiger partial charge in [0.2, 0.25) is 0 Å². The van der Waals surface area contributed by atoms with Gasteiger partial charge in [0.15, 0.2) is 11.5 Å². The SMILES string of the molecule is CCC(C)(C)OCc1nc(Cl)c2cnn(C)c2n1. The molecule has 0 atom stereocenters. The molecule has 18 heavy (non-hydrogen) atoms. The molecule has 0 amide bonds. The highest BCUT2D eigenvalue weighted by molar-refractivity contribution is 6.33. The van der Waals surface area contributed by atoms with Gasteiger partial charge in [0.25, 0.3) is 0 Å². The molecular formula is C12H17ClN4O. The van der Waals surface area contributed by atoms with Gasteiger partial charge in [-0.2, -0.15) is 5.10 Å². The molecule has 2 aromatic rings. The average Bonchev–Trinajstić information content (AvgIpc) is 2.70. The Labute approximate surface area is 111 Å². The first-order valence-electron chi connectivity index (χ1n) is 5.91. The quantitative estimate of drug-likeness (QED) is 0.800. The molecule has 0 unspecified atom stereocenters. The molecule has 0 aliphatic carbocycles. The predicted molar refractivity (Wildman–Crippen MR) is 70.5 cm³/mol. The number of aryl methyl sites for hydroxylation is 1. The second kappa shape index (κ2) is 4.82. The van der Waals surface area contributed by atoms with E-state index in [1.807, 2.05) is 20.9 Å². The van der Waals surface area contributed by atoms with Gasteiger partial charge in [0.05, 0.1) is 17.2 Å². The van der Waals surface area contributed by atoms with Gasteiger partial charge in [-0.1, -0.05) is 18.5 Å². The summed E-state index contributed by atoms with van der Waals surface area (Å²) in [6.07, 6.45) is 2.59. The fourth-order valence-corrected chi connectivity index (χ4v) is 1.69. The second-order valence-corrected chi connectivity index (χ2v) is 5.20. The summed E-state index contributed by atoms with van der Waals surface area (Å²) in [4.78, 5) is 8.64. The minimum atomic E-state index is -0.183. The summed E-state index contributed by atoms with van der Waals surface area (Å²) in [5.41, 5.74) is 0.542. The van der Waals surface area contributed by atoms with Gasteiger partial charge in [0, 0.05) is 7.05 Å². The van der Waals surface area contributed by atoms with Gasteiger partial charge in [-0.25, -0.2) is 9.97 Å². The molecule has 0 bridgehead atoms. The van der Waals surface area contributed by atoms with Crippen LogP contribution in [0, 0.1) is 0 Å². The van der Waals surface area contributed by atoms with Gasteiger partial charge < -0.3 is 4.74 Å². The molecule has 0 radical (unpaired) electrons. The van der Waals surface area contributed by atoms with E-state index in [1.54, 1.807) is 10.9 Å². The van der Waals surface area contributed by atoms with Crippen LogP contribution in [0.2, 0.25) is 5.15 Å². The summed E-state index contributed by atoms with van der Waals surface area (Å²) in [5, 5.41) is 5.29. The topological polar surface area (TPSA) is 52.8 Å². The third-order valence-electron chi connectivity index (χ3n) is 3.04. The summed E-state index contributed by atoms with van der Waals surface area (Å²) in [6, 6.07) is 0. The van der Waals surface area contributed by atoms with E-state index in [9.17, 15) is 0 Å². The Bertz CT molecular complexity index is 564. The number of aromatic nitrogens is 4. The van der Waals surface area contributed by atoms with Crippen LogP contribution >= 0.6 is 11.6 Å². The van der Waals surface area contributed by atoms with Crippen molar-refractivity contribution in [1.29, 1.82) is 0 Å². The zero-order valence-electron chi connectivity index (χ0n) is 11.1. The molecule has 0 saturated heterocycles. The number of rotatable bonds is 4. The van der Waals surface area contributed by atoms with Crippen molar-refractivity contribution in [3.8, 4) is 0 Å². The molecule has 0 aliphatic rings. The molecular weight excluding hydrogens is 252 g/mol. The summed E-state index contributed by atoms with van der Waals surface area (Å²) in [5.74, 6) is 0.581. The maximum atomic E-state index is 6.10. The zero-order chi connectivity index (χ0) is 13.3. The van der Waals surface area contributed by atoms with E-state index in [1.165, 1.54) is 0 Å². The van der Waals surface area contributed by atoms with Crippen molar-refractivity contribution in [2.45, 2.75) is 39.4 Å². The van der Waals surface area contributed by atoms with Crippen molar-refractivity contribution in [1.82, 2.24) is 19.7 Å². The highest BCUT2D eigenvalue weighted by Crippen LogP contribution is 2.21. The van der Waals surface area contributed by atoms with Crippen LogP contribution < -0.4 is 0 Å². The average molecular weight is 269 g/mol.